The van der Waals surface area contributed by atoms with E-state index in [1.807, 2.05) is 68.4 Å². The molecule has 2 saturated heterocycles. The fourth-order valence-corrected chi connectivity index (χ4v) is 5.43. The summed E-state index contributed by atoms with van der Waals surface area (Å²) in [7, 11) is 0. The van der Waals surface area contributed by atoms with Gasteiger partial charge in [-0.3, -0.25) is 14.4 Å². The maximum Gasteiger partial charge on any atom is 0.266 e. The maximum atomic E-state index is 13.9. The number of H-pyrrole nitrogens is 1. The lowest BCUT2D eigenvalue weighted by molar-refractivity contribution is -0.126. The van der Waals surface area contributed by atoms with Crippen LogP contribution in [0.25, 0.3) is 10.9 Å². The molecule has 0 unspecified atom stereocenters. The zero-order chi connectivity index (χ0) is 23.6. The molecule has 2 fully saturated rings. The van der Waals surface area contributed by atoms with Crippen molar-refractivity contribution >= 4 is 45.7 Å². The number of aromatic amines is 1. The zero-order valence-corrected chi connectivity index (χ0v) is 19.4. The van der Waals surface area contributed by atoms with Gasteiger partial charge in [0.2, 0.25) is 5.91 Å². The summed E-state index contributed by atoms with van der Waals surface area (Å²) in [6.07, 6.45) is -0.927. The first-order valence-corrected chi connectivity index (χ1v) is 11.6. The van der Waals surface area contributed by atoms with Gasteiger partial charge in [-0.05, 0) is 49.7 Å². The van der Waals surface area contributed by atoms with Crippen LogP contribution >= 0.6 is 11.6 Å². The van der Waals surface area contributed by atoms with E-state index in [-0.39, 0.29) is 11.8 Å². The highest BCUT2D eigenvalue weighted by Gasteiger charge is 2.61. The summed E-state index contributed by atoms with van der Waals surface area (Å²) in [4.78, 5) is 38.5. The van der Waals surface area contributed by atoms with Crippen molar-refractivity contribution in [2.24, 2.45) is 5.92 Å². The van der Waals surface area contributed by atoms with Crippen molar-refractivity contribution in [1.82, 2.24) is 4.98 Å². The number of rotatable bonds is 3. The number of benzene rings is 3. The minimum absolute atomic E-state index is 0.284. The predicted molar refractivity (Wildman–Crippen MR) is 132 cm³/mol. The number of carbonyl (C=O) groups is 2. The van der Waals surface area contributed by atoms with Crippen LogP contribution in [0, 0.1) is 19.8 Å². The van der Waals surface area contributed by atoms with Gasteiger partial charge in [0.1, 0.15) is 5.92 Å². The van der Waals surface area contributed by atoms with Crippen LogP contribution in [0.15, 0.2) is 72.8 Å². The summed E-state index contributed by atoms with van der Waals surface area (Å²) >= 11 is 6.31. The lowest BCUT2D eigenvalue weighted by atomic mass is 9.89. The minimum Gasteiger partial charge on any atom is -0.358 e. The zero-order valence-electron chi connectivity index (χ0n) is 18.7. The first-order chi connectivity index (χ1) is 16.5. The Morgan fingerprint density at radius 3 is 2.41 bits per heavy atom. The average Bonchev–Trinajstić information content (AvgIpc) is 3.46. The molecule has 34 heavy (non-hydrogen) atoms. The first-order valence-electron chi connectivity index (χ1n) is 11.2. The molecule has 170 valence electrons. The van der Waals surface area contributed by atoms with Crippen LogP contribution in [0.5, 0.6) is 0 Å². The van der Waals surface area contributed by atoms with Crippen LogP contribution in [0.2, 0.25) is 5.02 Å². The van der Waals surface area contributed by atoms with Crippen LogP contribution in [-0.2, 0) is 14.4 Å². The highest BCUT2D eigenvalue weighted by Crippen LogP contribution is 2.50. The summed E-state index contributed by atoms with van der Waals surface area (Å²) in [5.41, 5.74) is 4.85. The molecule has 7 heteroatoms. The Balaban J connectivity index is 1.53. The molecule has 0 saturated carbocycles. The van der Waals surface area contributed by atoms with Crippen LogP contribution in [-0.4, -0.2) is 22.9 Å². The Kier molecular flexibility index (Phi) is 4.76. The molecule has 3 atom stereocenters. The van der Waals surface area contributed by atoms with E-state index in [0.29, 0.717) is 16.3 Å². The molecule has 1 aromatic heterocycles. The van der Waals surface area contributed by atoms with E-state index in [9.17, 15) is 9.59 Å². The standard InChI is InChI=1S/C27H22ClN3O3/c1-15-19(28)12-8-14-21(15)30-26(32)23-24(22-16(2)29-20-13-7-6-11-18(20)22)31(34-25(23)27(30)33)17-9-4-3-5-10-17/h3-14,23-25,29H,1-2H3/t23-,24+,25+/m0/s1. The molecule has 1 N–H and O–H groups in total. The average molecular weight is 472 g/mol. The molecule has 6 rings (SSSR count). The lowest BCUT2D eigenvalue weighted by Crippen LogP contribution is -2.37. The second-order valence-electron chi connectivity index (χ2n) is 8.76. The van der Waals surface area contributed by atoms with Crippen LogP contribution in [0.4, 0.5) is 11.4 Å². The van der Waals surface area contributed by atoms with Crippen molar-refractivity contribution in [1.29, 1.82) is 0 Å². The van der Waals surface area contributed by atoms with Crippen molar-refractivity contribution in [3.8, 4) is 0 Å². The summed E-state index contributed by atoms with van der Waals surface area (Å²) in [5, 5.41) is 3.24. The quantitative estimate of drug-likeness (QED) is 0.401. The molecule has 3 aromatic carbocycles. The summed E-state index contributed by atoms with van der Waals surface area (Å²) in [6, 6.07) is 22.3. The SMILES string of the molecule is Cc1[nH]c2ccccc2c1[C@@H]1[C@@H]2C(=O)N(c3cccc(Cl)c3C)C(=O)[C@@H]2ON1c1ccccc1. The summed E-state index contributed by atoms with van der Waals surface area (Å²) in [5.74, 6) is -1.36. The molecule has 0 aliphatic carbocycles. The molecular weight excluding hydrogens is 450 g/mol. The summed E-state index contributed by atoms with van der Waals surface area (Å²) in [6.45, 7) is 3.80. The number of amides is 2. The van der Waals surface area contributed by atoms with E-state index >= 15 is 0 Å². The van der Waals surface area contributed by atoms with Gasteiger partial charge >= 0.3 is 0 Å². The second kappa shape index (κ2) is 7.72. The number of aromatic nitrogens is 1. The molecule has 0 radical (unpaired) electrons. The van der Waals surface area contributed by atoms with Crippen molar-refractivity contribution in [2.45, 2.75) is 26.0 Å². The maximum absolute atomic E-state index is 13.9. The molecule has 0 spiro atoms. The van der Waals surface area contributed by atoms with Gasteiger partial charge in [0, 0.05) is 27.2 Å². The molecule has 2 aliphatic heterocycles. The largest absolute Gasteiger partial charge is 0.358 e. The highest BCUT2D eigenvalue weighted by atomic mass is 35.5. The van der Waals surface area contributed by atoms with Gasteiger partial charge in [0.15, 0.2) is 6.10 Å². The molecule has 2 aliphatic rings. The van der Waals surface area contributed by atoms with Crippen LogP contribution in [0.3, 0.4) is 0 Å². The molecular formula is C27H22ClN3O3. The van der Waals surface area contributed by atoms with Gasteiger partial charge < -0.3 is 4.98 Å². The van der Waals surface area contributed by atoms with Gasteiger partial charge in [-0.1, -0.05) is 54.1 Å². The highest BCUT2D eigenvalue weighted by molar-refractivity contribution is 6.32. The third-order valence-corrected chi connectivity index (χ3v) is 7.25. The van der Waals surface area contributed by atoms with Crippen molar-refractivity contribution in [3.05, 3.63) is 94.6 Å². The number of hydroxylamine groups is 1. The fourth-order valence-electron chi connectivity index (χ4n) is 5.26. The predicted octanol–water partition coefficient (Wildman–Crippen LogP) is 5.49. The Morgan fingerprint density at radius 2 is 1.62 bits per heavy atom. The van der Waals surface area contributed by atoms with Gasteiger partial charge in [-0.25, -0.2) is 9.96 Å². The van der Waals surface area contributed by atoms with Crippen molar-refractivity contribution in [2.75, 3.05) is 9.96 Å². The number of imide groups is 1. The first kappa shape index (κ1) is 21.0. The number of nitrogens with zero attached hydrogens (tertiary/aromatic N) is 2. The van der Waals surface area contributed by atoms with E-state index in [1.54, 1.807) is 23.3 Å². The Labute approximate surface area is 201 Å². The van der Waals surface area contributed by atoms with E-state index in [4.69, 9.17) is 16.4 Å². The van der Waals surface area contributed by atoms with E-state index < -0.39 is 18.1 Å². The van der Waals surface area contributed by atoms with E-state index in [2.05, 4.69) is 4.98 Å². The van der Waals surface area contributed by atoms with Crippen LogP contribution in [0.1, 0.15) is 22.9 Å². The number of carbonyl (C=O) groups excluding carboxylic acids is 2. The fraction of sp³-hybridized carbons (Fsp3) is 0.185. The molecule has 4 aromatic rings. The van der Waals surface area contributed by atoms with Gasteiger partial charge in [0.25, 0.3) is 5.91 Å². The molecule has 2 amide bonds. The number of hydrogen-bond donors (Lipinski definition) is 1. The Hall–Kier alpha value is -3.61. The third kappa shape index (κ3) is 2.92. The van der Waals surface area contributed by atoms with Gasteiger partial charge in [-0.15, -0.1) is 0 Å². The van der Waals surface area contributed by atoms with Crippen molar-refractivity contribution < 1.29 is 14.4 Å². The monoisotopic (exact) mass is 471 g/mol. The third-order valence-electron chi connectivity index (χ3n) is 6.85. The number of hydrogen-bond acceptors (Lipinski definition) is 4. The van der Waals surface area contributed by atoms with Gasteiger partial charge in [0.05, 0.1) is 17.4 Å². The lowest BCUT2D eigenvalue weighted by Gasteiger charge is -2.29. The van der Waals surface area contributed by atoms with Crippen molar-refractivity contribution in [3.63, 3.8) is 0 Å². The number of fused-ring (bicyclic) bond motifs is 2. The molecule has 6 nitrogen and oxygen atoms in total. The van der Waals surface area contributed by atoms with E-state index in [0.717, 1.165) is 27.8 Å². The number of anilines is 2. The number of nitrogens with one attached hydrogen (secondary N) is 1. The molecule has 0 bridgehead atoms. The normalized spacial score (nSPS) is 22.1. The Bertz CT molecular complexity index is 1450. The molecule has 3 heterocycles. The number of aryl methyl sites for hydroxylation is 1. The smallest absolute Gasteiger partial charge is 0.266 e. The van der Waals surface area contributed by atoms with E-state index in [1.165, 1.54) is 4.90 Å². The number of para-hydroxylation sites is 2. The number of halogens is 1. The minimum atomic E-state index is -0.927. The topological polar surface area (TPSA) is 65.6 Å². The summed E-state index contributed by atoms with van der Waals surface area (Å²) < 4.78 is 0. The van der Waals surface area contributed by atoms with Gasteiger partial charge in [-0.2, -0.15) is 0 Å². The van der Waals surface area contributed by atoms with Crippen LogP contribution < -0.4 is 9.96 Å². The second-order valence-corrected chi connectivity index (χ2v) is 9.17. The Morgan fingerprint density at radius 1 is 0.882 bits per heavy atom.